The third-order valence-electron chi connectivity index (χ3n) is 2.75. The summed E-state index contributed by atoms with van der Waals surface area (Å²) in [5.74, 6) is 0. The lowest BCUT2D eigenvalue weighted by molar-refractivity contribution is 0.453. The molecule has 2 heterocycles. The Morgan fingerprint density at radius 3 is 3.07 bits per heavy atom. The number of rotatable bonds is 1. The normalized spacial score (nSPS) is 16.7. The van der Waals surface area contributed by atoms with Crippen LogP contribution in [0.3, 0.4) is 0 Å². The van der Waals surface area contributed by atoms with E-state index in [0.29, 0.717) is 0 Å². The molecule has 0 radical (unpaired) electrons. The maximum atomic E-state index is 5.29. The van der Waals surface area contributed by atoms with Crippen LogP contribution < -0.4 is 5.32 Å². The first-order chi connectivity index (χ1) is 7.45. The lowest BCUT2D eigenvalue weighted by Gasteiger charge is -2.11. The number of nitrogens with one attached hydrogen (secondary N) is 1. The second-order valence-electron chi connectivity index (χ2n) is 3.71. The zero-order valence-corrected chi connectivity index (χ0v) is 8.36. The van der Waals surface area contributed by atoms with Crippen molar-refractivity contribution in [1.29, 1.82) is 0 Å². The summed E-state index contributed by atoms with van der Waals surface area (Å²) in [6.45, 7) is 1.95. The van der Waals surface area contributed by atoms with Gasteiger partial charge in [-0.2, -0.15) is 0 Å². The quantitative estimate of drug-likeness (QED) is 0.767. The molecule has 3 heteroatoms. The number of para-hydroxylation sites is 1. The van der Waals surface area contributed by atoms with Crippen molar-refractivity contribution in [2.45, 2.75) is 6.42 Å². The van der Waals surface area contributed by atoms with Gasteiger partial charge < -0.3 is 9.84 Å². The highest BCUT2D eigenvalue weighted by molar-refractivity contribution is 5.89. The van der Waals surface area contributed by atoms with E-state index in [1.54, 1.807) is 0 Å². The number of hydrogen-bond donors (Lipinski definition) is 1. The fourth-order valence-corrected chi connectivity index (χ4v) is 1.96. The molecule has 1 N–H and O–H groups in total. The molecule has 0 spiro atoms. The van der Waals surface area contributed by atoms with Gasteiger partial charge in [0, 0.05) is 11.9 Å². The average Bonchev–Trinajstić information content (AvgIpc) is 2.74. The van der Waals surface area contributed by atoms with Crippen molar-refractivity contribution >= 4 is 16.5 Å². The minimum absolute atomic E-state index is 0.868. The smallest absolute Gasteiger partial charge is 0.167 e. The van der Waals surface area contributed by atoms with E-state index < -0.39 is 0 Å². The summed E-state index contributed by atoms with van der Waals surface area (Å²) in [6.07, 6.45) is 3.21. The van der Waals surface area contributed by atoms with Gasteiger partial charge in [0.15, 0.2) is 5.58 Å². The predicted octanol–water partition coefficient (Wildman–Crippen LogP) is 2.20. The topological polar surface area (TPSA) is 38.1 Å². The first kappa shape index (κ1) is 8.68. The van der Waals surface area contributed by atoms with Crippen molar-refractivity contribution in [2.75, 3.05) is 13.1 Å². The molecule has 76 valence electrons. The summed E-state index contributed by atoms with van der Waals surface area (Å²) in [5.41, 5.74) is 3.16. The molecule has 3 rings (SSSR count). The van der Waals surface area contributed by atoms with Crippen LogP contribution in [0, 0.1) is 0 Å². The molecule has 0 bridgehead atoms. The molecule has 0 aliphatic carbocycles. The van der Waals surface area contributed by atoms with Crippen LogP contribution in [0.15, 0.2) is 34.9 Å². The lowest BCUT2D eigenvalue weighted by Crippen LogP contribution is -2.20. The second kappa shape index (κ2) is 3.51. The van der Waals surface area contributed by atoms with Crippen molar-refractivity contribution in [3.05, 3.63) is 36.0 Å². The van der Waals surface area contributed by atoms with Gasteiger partial charge in [0.05, 0.1) is 0 Å². The first-order valence-electron chi connectivity index (χ1n) is 5.20. The van der Waals surface area contributed by atoms with Gasteiger partial charge in [-0.3, -0.25) is 0 Å². The van der Waals surface area contributed by atoms with Crippen LogP contribution in [0.2, 0.25) is 0 Å². The van der Waals surface area contributed by atoms with Crippen LogP contribution in [0.25, 0.3) is 16.5 Å². The molecule has 0 saturated heterocycles. The Hall–Kier alpha value is -1.61. The fraction of sp³-hybridized carbons (Fsp3) is 0.250. The van der Waals surface area contributed by atoms with Crippen molar-refractivity contribution in [3.8, 4) is 0 Å². The summed E-state index contributed by atoms with van der Waals surface area (Å²) in [5, 5.41) is 8.55. The lowest BCUT2D eigenvalue weighted by atomic mass is 10.0. The average molecular weight is 200 g/mol. The Balaban J connectivity index is 2.14. The molecule has 0 atom stereocenters. The second-order valence-corrected chi connectivity index (χ2v) is 3.71. The van der Waals surface area contributed by atoms with E-state index >= 15 is 0 Å². The van der Waals surface area contributed by atoms with Gasteiger partial charge in [-0.1, -0.05) is 23.4 Å². The number of aromatic nitrogens is 1. The van der Waals surface area contributed by atoms with E-state index in [9.17, 15) is 0 Å². The van der Waals surface area contributed by atoms with Gasteiger partial charge in [-0.15, -0.1) is 0 Å². The van der Waals surface area contributed by atoms with Gasteiger partial charge in [-0.25, -0.2) is 0 Å². The minimum atomic E-state index is 0.868. The summed E-state index contributed by atoms with van der Waals surface area (Å²) in [7, 11) is 0. The highest BCUT2D eigenvalue weighted by Crippen LogP contribution is 2.26. The van der Waals surface area contributed by atoms with E-state index in [0.717, 1.165) is 36.2 Å². The Morgan fingerprint density at radius 2 is 2.20 bits per heavy atom. The molecular formula is C12H12N2O. The predicted molar refractivity (Wildman–Crippen MR) is 59.5 cm³/mol. The number of fused-ring (bicyclic) bond motifs is 1. The highest BCUT2D eigenvalue weighted by atomic mass is 16.5. The van der Waals surface area contributed by atoms with Gasteiger partial charge in [0.1, 0.15) is 5.69 Å². The Morgan fingerprint density at radius 1 is 1.27 bits per heavy atom. The zero-order chi connectivity index (χ0) is 10.1. The third kappa shape index (κ3) is 1.45. The standard InChI is InChI=1S/C12H12N2O/c1-2-4-11-10(3-1)12(14-15-11)9-5-7-13-8-6-9/h1-5,13H,6-8H2. The van der Waals surface area contributed by atoms with Crippen LogP contribution in [-0.2, 0) is 0 Å². The molecule has 15 heavy (non-hydrogen) atoms. The Kier molecular flexibility index (Phi) is 2.03. The monoisotopic (exact) mass is 200 g/mol. The number of nitrogens with zero attached hydrogens (tertiary/aromatic N) is 1. The van der Waals surface area contributed by atoms with E-state index in [2.05, 4.69) is 22.6 Å². The van der Waals surface area contributed by atoms with Crippen molar-refractivity contribution in [2.24, 2.45) is 0 Å². The van der Waals surface area contributed by atoms with Crippen molar-refractivity contribution in [1.82, 2.24) is 10.5 Å². The van der Waals surface area contributed by atoms with Crippen LogP contribution in [0.4, 0.5) is 0 Å². The molecule has 0 unspecified atom stereocenters. The molecule has 3 nitrogen and oxygen atoms in total. The number of benzene rings is 1. The van der Waals surface area contributed by atoms with Crippen LogP contribution >= 0.6 is 0 Å². The number of hydrogen-bond acceptors (Lipinski definition) is 3. The summed E-state index contributed by atoms with van der Waals surface area (Å²) < 4.78 is 5.29. The molecule has 2 aromatic rings. The van der Waals surface area contributed by atoms with E-state index in [1.165, 1.54) is 5.57 Å². The summed E-state index contributed by atoms with van der Waals surface area (Å²) >= 11 is 0. The van der Waals surface area contributed by atoms with Crippen molar-refractivity contribution < 1.29 is 4.52 Å². The van der Waals surface area contributed by atoms with Gasteiger partial charge in [0.25, 0.3) is 0 Å². The van der Waals surface area contributed by atoms with E-state index in [4.69, 9.17) is 4.52 Å². The molecule has 1 aromatic carbocycles. The molecule has 0 fully saturated rings. The fourth-order valence-electron chi connectivity index (χ4n) is 1.96. The highest BCUT2D eigenvalue weighted by Gasteiger charge is 2.13. The van der Waals surface area contributed by atoms with Crippen LogP contribution in [0.1, 0.15) is 12.1 Å². The van der Waals surface area contributed by atoms with E-state index in [-0.39, 0.29) is 0 Å². The molecule has 1 aliphatic rings. The summed E-state index contributed by atoms with van der Waals surface area (Å²) in [6, 6.07) is 8.00. The zero-order valence-electron chi connectivity index (χ0n) is 8.36. The molecule has 0 amide bonds. The van der Waals surface area contributed by atoms with Gasteiger partial charge >= 0.3 is 0 Å². The summed E-state index contributed by atoms with van der Waals surface area (Å²) in [4.78, 5) is 0. The molecule has 0 saturated carbocycles. The largest absolute Gasteiger partial charge is 0.356 e. The maximum Gasteiger partial charge on any atom is 0.167 e. The third-order valence-corrected chi connectivity index (χ3v) is 2.75. The Bertz CT molecular complexity index is 513. The minimum Gasteiger partial charge on any atom is -0.356 e. The van der Waals surface area contributed by atoms with Crippen LogP contribution in [-0.4, -0.2) is 18.2 Å². The molecule has 1 aromatic heterocycles. The van der Waals surface area contributed by atoms with Crippen molar-refractivity contribution in [3.63, 3.8) is 0 Å². The van der Waals surface area contributed by atoms with Gasteiger partial charge in [-0.05, 0) is 30.7 Å². The SMILES string of the molecule is C1=C(c2noc3ccccc23)CCNC1. The molecular weight excluding hydrogens is 188 g/mol. The maximum absolute atomic E-state index is 5.29. The van der Waals surface area contributed by atoms with E-state index in [1.807, 2.05) is 18.2 Å². The van der Waals surface area contributed by atoms with Gasteiger partial charge in [0.2, 0.25) is 0 Å². The molecule has 1 aliphatic heterocycles. The first-order valence-corrected chi connectivity index (χ1v) is 5.20. The van der Waals surface area contributed by atoms with Crippen LogP contribution in [0.5, 0.6) is 0 Å². The Labute approximate surface area is 87.8 Å².